The Kier molecular flexibility index (Phi) is 3.93. The molecule has 0 aliphatic carbocycles. The summed E-state index contributed by atoms with van der Waals surface area (Å²) in [6.45, 7) is 1.90. The van der Waals surface area contributed by atoms with E-state index < -0.39 is 0 Å². The standard InChI is InChI=1S/C20H15FN4O/c1-13-11-18-19(24-25(23-18)16-9-7-15(21)8-10-16)12-17(13)22-20(26)14-5-3-2-4-6-14/h2-12H,1H3,(H,22,26). The van der Waals surface area contributed by atoms with Crippen LogP contribution in [0.15, 0.2) is 66.7 Å². The molecule has 0 fully saturated rings. The summed E-state index contributed by atoms with van der Waals surface area (Å²) in [5.41, 5.74) is 4.15. The minimum atomic E-state index is -0.313. The van der Waals surface area contributed by atoms with Gasteiger partial charge in [0.2, 0.25) is 0 Å². The van der Waals surface area contributed by atoms with E-state index in [4.69, 9.17) is 0 Å². The predicted molar refractivity (Wildman–Crippen MR) is 98.0 cm³/mol. The van der Waals surface area contributed by atoms with Crippen LogP contribution in [0, 0.1) is 12.7 Å². The number of hydrogen-bond acceptors (Lipinski definition) is 3. The molecule has 26 heavy (non-hydrogen) atoms. The Bertz CT molecular complexity index is 1090. The number of nitrogens with zero attached hydrogens (tertiary/aromatic N) is 3. The van der Waals surface area contributed by atoms with E-state index in [1.165, 1.54) is 16.9 Å². The molecule has 0 unspecified atom stereocenters. The molecule has 1 N–H and O–H groups in total. The molecule has 1 amide bonds. The van der Waals surface area contributed by atoms with Gasteiger partial charge >= 0.3 is 0 Å². The van der Waals surface area contributed by atoms with Gasteiger partial charge in [-0.2, -0.15) is 4.80 Å². The topological polar surface area (TPSA) is 59.8 Å². The molecule has 1 heterocycles. The molecule has 4 rings (SSSR count). The van der Waals surface area contributed by atoms with Gasteiger partial charge in [0, 0.05) is 11.3 Å². The van der Waals surface area contributed by atoms with Crippen molar-refractivity contribution < 1.29 is 9.18 Å². The molecular weight excluding hydrogens is 331 g/mol. The Balaban J connectivity index is 1.67. The van der Waals surface area contributed by atoms with Crippen LogP contribution in [0.3, 0.4) is 0 Å². The number of anilines is 1. The molecule has 6 heteroatoms. The van der Waals surface area contributed by atoms with Crippen LogP contribution in [0.2, 0.25) is 0 Å². The third-order valence-electron chi connectivity index (χ3n) is 4.07. The zero-order valence-electron chi connectivity index (χ0n) is 14.0. The lowest BCUT2D eigenvalue weighted by Gasteiger charge is -2.08. The normalized spacial score (nSPS) is 10.8. The molecule has 0 radical (unpaired) electrons. The third kappa shape index (κ3) is 3.04. The predicted octanol–water partition coefficient (Wildman–Crippen LogP) is 4.12. The molecular formula is C20H15FN4O. The summed E-state index contributed by atoms with van der Waals surface area (Å²) in [5.74, 6) is -0.494. The largest absolute Gasteiger partial charge is 0.322 e. The average Bonchev–Trinajstić information content (AvgIpc) is 3.06. The molecule has 0 spiro atoms. The van der Waals surface area contributed by atoms with Crippen LogP contribution >= 0.6 is 0 Å². The highest BCUT2D eigenvalue weighted by Crippen LogP contribution is 2.23. The number of aryl methyl sites for hydroxylation is 1. The van der Waals surface area contributed by atoms with Gasteiger partial charge in [0.25, 0.3) is 5.91 Å². The average molecular weight is 346 g/mol. The number of hydrogen-bond donors (Lipinski definition) is 1. The minimum absolute atomic E-state index is 0.182. The molecule has 128 valence electrons. The Morgan fingerprint density at radius 2 is 1.62 bits per heavy atom. The summed E-state index contributed by atoms with van der Waals surface area (Å²) >= 11 is 0. The maximum atomic E-state index is 13.1. The first-order valence-corrected chi connectivity index (χ1v) is 8.10. The van der Waals surface area contributed by atoms with Crippen molar-refractivity contribution in [2.75, 3.05) is 5.32 Å². The molecule has 0 saturated heterocycles. The summed E-state index contributed by atoms with van der Waals surface area (Å²) in [6, 6.07) is 18.6. The molecule has 0 aliphatic rings. The van der Waals surface area contributed by atoms with E-state index in [0.29, 0.717) is 28.0 Å². The van der Waals surface area contributed by atoms with E-state index in [1.807, 2.05) is 31.2 Å². The maximum absolute atomic E-state index is 13.1. The number of halogens is 1. The molecule has 0 saturated carbocycles. The zero-order valence-corrected chi connectivity index (χ0v) is 14.0. The van der Waals surface area contributed by atoms with E-state index in [1.54, 1.807) is 30.3 Å². The van der Waals surface area contributed by atoms with Gasteiger partial charge in [-0.1, -0.05) is 18.2 Å². The third-order valence-corrected chi connectivity index (χ3v) is 4.07. The first-order chi connectivity index (χ1) is 12.6. The van der Waals surface area contributed by atoms with E-state index in [2.05, 4.69) is 15.5 Å². The maximum Gasteiger partial charge on any atom is 0.255 e. The van der Waals surface area contributed by atoms with E-state index >= 15 is 0 Å². The lowest BCUT2D eigenvalue weighted by molar-refractivity contribution is 0.102. The van der Waals surface area contributed by atoms with Crippen molar-refractivity contribution in [1.82, 2.24) is 15.0 Å². The fraction of sp³-hybridized carbons (Fsp3) is 0.0500. The number of benzene rings is 3. The lowest BCUT2D eigenvalue weighted by Crippen LogP contribution is -2.12. The lowest BCUT2D eigenvalue weighted by atomic mass is 10.1. The number of amides is 1. The molecule has 0 aliphatic heterocycles. The van der Waals surface area contributed by atoms with Gasteiger partial charge in [0.05, 0.1) is 5.69 Å². The molecule has 0 atom stereocenters. The summed E-state index contributed by atoms with van der Waals surface area (Å²) in [4.78, 5) is 13.8. The van der Waals surface area contributed by atoms with Crippen molar-refractivity contribution in [3.8, 4) is 5.69 Å². The molecule has 4 aromatic rings. The number of nitrogens with one attached hydrogen (secondary N) is 1. The van der Waals surface area contributed by atoms with E-state index in [-0.39, 0.29) is 11.7 Å². The second-order valence-electron chi connectivity index (χ2n) is 5.94. The van der Waals surface area contributed by atoms with Gasteiger partial charge in [-0.15, -0.1) is 10.2 Å². The van der Waals surface area contributed by atoms with E-state index in [0.717, 1.165) is 5.56 Å². The summed E-state index contributed by atoms with van der Waals surface area (Å²) in [7, 11) is 0. The Hall–Kier alpha value is -3.54. The number of carbonyl (C=O) groups is 1. The quantitative estimate of drug-likeness (QED) is 0.607. The highest BCUT2D eigenvalue weighted by Gasteiger charge is 2.11. The van der Waals surface area contributed by atoms with Gasteiger partial charge < -0.3 is 5.32 Å². The van der Waals surface area contributed by atoms with Crippen molar-refractivity contribution in [3.63, 3.8) is 0 Å². The van der Waals surface area contributed by atoms with Crippen molar-refractivity contribution >= 4 is 22.6 Å². The van der Waals surface area contributed by atoms with Crippen molar-refractivity contribution in [3.05, 3.63) is 83.7 Å². The van der Waals surface area contributed by atoms with E-state index in [9.17, 15) is 9.18 Å². The van der Waals surface area contributed by atoms with Gasteiger partial charge in [-0.25, -0.2) is 4.39 Å². The van der Waals surface area contributed by atoms with Crippen molar-refractivity contribution in [1.29, 1.82) is 0 Å². The van der Waals surface area contributed by atoms with Crippen LogP contribution in [-0.4, -0.2) is 20.9 Å². The number of rotatable bonds is 3. The molecule has 1 aromatic heterocycles. The van der Waals surface area contributed by atoms with Crippen LogP contribution in [0.5, 0.6) is 0 Å². The Morgan fingerprint density at radius 3 is 2.31 bits per heavy atom. The Morgan fingerprint density at radius 1 is 0.962 bits per heavy atom. The smallest absolute Gasteiger partial charge is 0.255 e. The fourth-order valence-corrected chi connectivity index (χ4v) is 2.68. The molecule has 0 bridgehead atoms. The van der Waals surface area contributed by atoms with Crippen molar-refractivity contribution in [2.45, 2.75) is 6.92 Å². The first kappa shape index (κ1) is 16.0. The summed E-state index contributed by atoms with van der Waals surface area (Å²) in [5, 5.41) is 11.8. The van der Waals surface area contributed by atoms with Gasteiger partial charge in [0.1, 0.15) is 16.9 Å². The minimum Gasteiger partial charge on any atom is -0.322 e. The van der Waals surface area contributed by atoms with Crippen LogP contribution < -0.4 is 5.32 Å². The monoisotopic (exact) mass is 346 g/mol. The second kappa shape index (κ2) is 6.40. The molecule has 3 aromatic carbocycles. The van der Waals surface area contributed by atoms with Gasteiger partial charge in [0.15, 0.2) is 0 Å². The van der Waals surface area contributed by atoms with Crippen LogP contribution in [0.4, 0.5) is 10.1 Å². The highest BCUT2D eigenvalue weighted by molar-refractivity contribution is 6.05. The van der Waals surface area contributed by atoms with Gasteiger partial charge in [-0.05, 0) is 61.0 Å². The van der Waals surface area contributed by atoms with Gasteiger partial charge in [-0.3, -0.25) is 4.79 Å². The highest BCUT2D eigenvalue weighted by atomic mass is 19.1. The SMILES string of the molecule is Cc1cc2nn(-c3ccc(F)cc3)nc2cc1NC(=O)c1ccccc1. The second-order valence-corrected chi connectivity index (χ2v) is 5.94. The zero-order chi connectivity index (χ0) is 18.1. The number of carbonyl (C=O) groups excluding carboxylic acids is 1. The number of aromatic nitrogens is 3. The fourth-order valence-electron chi connectivity index (χ4n) is 2.68. The summed E-state index contributed by atoms with van der Waals surface area (Å²) < 4.78 is 13.1. The Labute approximate surface area is 149 Å². The van der Waals surface area contributed by atoms with Crippen LogP contribution in [-0.2, 0) is 0 Å². The van der Waals surface area contributed by atoms with Crippen LogP contribution in [0.1, 0.15) is 15.9 Å². The first-order valence-electron chi connectivity index (χ1n) is 8.10. The number of fused-ring (bicyclic) bond motifs is 1. The summed E-state index contributed by atoms with van der Waals surface area (Å²) in [6.07, 6.45) is 0. The molecule has 5 nitrogen and oxygen atoms in total. The van der Waals surface area contributed by atoms with Crippen LogP contribution in [0.25, 0.3) is 16.7 Å². The van der Waals surface area contributed by atoms with Crippen molar-refractivity contribution in [2.24, 2.45) is 0 Å².